The minimum Gasteiger partial charge on any atom is -0.337 e. The van der Waals surface area contributed by atoms with Crippen molar-refractivity contribution in [1.29, 1.82) is 0 Å². The largest absolute Gasteiger partial charge is 0.337 e. The smallest absolute Gasteiger partial charge is 0.237 e. The molecule has 0 radical (unpaired) electrons. The number of aromatic amines is 1. The fourth-order valence-corrected chi connectivity index (χ4v) is 3.53. The van der Waals surface area contributed by atoms with E-state index in [-0.39, 0.29) is 11.2 Å². The highest BCUT2D eigenvalue weighted by Gasteiger charge is 2.18. The van der Waals surface area contributed by atoms with Crippen molar-refractivity contribution < 1.29 is 4.79 Å². The van der Waals surface area contributed by atoms with Crippen LogP contribution in [0.3, 0.4) is 0 Å². The van der Waals surface area contributed by atoms with Gasteiger partial charge in [-0.3, -0.25) is 4.79 Å². The molecule has 0 spiro atoms. The van der Waals surface area contributed by atoms with Crippen LogP contribution >= 0.6 is 11.8 Å². The van der Waals surface area contributed by atoms with Crippen LogP contribution in [0.15, 0.2) is 59.8 Å². The molecular weight excluding hydrogens is 342 g/mol. The molecule has 2 N–H and O–H groups in total. The maximum Gasteiger partial charge on any atom is 0.237 e. The molecule has 0 aliphatic rings. The molecule has 134 valence electrons. The number of amides is 1. The third kappa shape index (κ3) is 4.55. The van der Waals surface area contributed by atoms with Crippen molar-refractivity contribution >= 4 is 23.4 Å². The highest BCUT2D eigenvalue weighted by atomic mass is 32.2. The van der Waals surface area contributed by atoms with Crippen molar-refractivity contribution in [2.45, 2.75) is 37.6 Å². The number of carbonyl (C=O) groups is 1. The second-order valence-electron chi connectivity index (χ2n) is 6.34. The van der Waals surface area contributed by atoms with Crippen LogP contribution in [0.25, 0.3) is 0 Å². The molecule has 0 unspecified atom stereocenters. The quantitative estimate of drug-likeness (QED) is 0.621. The van der Waals surface area contributed by atoms with E-state index in [1.165, 1.54) is 17.3 Å². The van der Waals surface area contributed by atoms with E-state index in [9.17, 15) is 4.79 Å². The molecule has 0 fully saturated rings. The van der Waals surface area contributed by atoms with Crippen molar-refractivity contribution in [3.63, 3.8) is 0 Å². The number of rotatable bonds is 6. The molecule has 0 bridgehead atoms. The average Bonchev–Trinajstić information content (AvgIpc) is 2.96. The summed E-state index contributed by atoms with van der Waals surface area (Å²) in [4.78, 5) is 20.5. The molecule has 1 atom stereocenters. The number of thioether (sulfide) groups is 1. The van der Waals surface area contributed by atoms with Gasteiger partial charge < -0.3 is 10.3 Å². The highest BCUT2D eigenvalue weighted by molar-refractivity contribution is 8.00. The van der Waals surface area contributed by atoms with Crippen LogP contribution in [0.4, 0.5) is 5.69 Å². The van der Waals surface area contributed by atoms with Gasteiger partial charge in [-0.05, 0) is 38.0 Å². The first kappa shape index (κ1) is 18.3. The monoisotopic (exact) mass is 365 g/mol. The van der Waals surface area contributed by atoms with E-state index in [0.717, 1.165) is 34.2 Å². The van der Waals surface area contributed by atoms with Crippen molar-refractivity contribution in [1.82, 2.24) is 9.97 Å². The standard InChI is InChI=1S/C21H23N3OS/c1-14-9-7-8-12-18(14)23-20(25)16(3)26-21-22-15(2)19(24-21)13-17-10-5-4-6-11-17/h4-12,16H,13H2,1-3H3,(H,22,24)(H,23,25)/t16-/m0/s1. The number of anilines is 1. The summed E-state index contributed by atoms with van der Waals surface area (Å²) in [7, 11) is 0. The minimum atomic E-state index is -0.246. The molecule has 0 saturated carbocycles. The number of para-hydroxylation sites is 1. The summed E-state index contributed by atoms with van der Waals surface area (Å²) in [5.74, 6) is -0.0250. The molecule has 3 rings (SSSR count). The summed E-state index contributed by atoms with van der Waals surface area (Å²) in [6.45, 7) is 5.90. The van der Waals surface area contributed by atoms with Gasteiger partial charge in [-0.1, -0.05) is 60.3 Å². The summed E-state index contributed by atoms with van der Waals surface area (Å²) in [5, 5.41) is 3.52. The van der Waals surface area contributed by atoms with E-state index < -0.39 is 0 Å². The van der Waals surface area contributed by atoms with Crippen molar-refractivity contribution in [2.24, 2.45) is 0 Å². The van der Waals surface area contributed by atoms with Gasteiger partial charge in [0.05, 0.1) is 10.9 Å². The van der Waals surface area contributed by atoms with Gasteiger partial charge in [0.2, 0.25) is 5.91 Å². The number of aromatic nitrogens is 2. The van der Waals surface area contributed by atoms with Gasteiger partial charge in [-0.2, -0.15) is 0 Å². The molecule has 26 heavy (non-hydrogen) atoms. The molecule has 0 aliphatic carbocycles. The van der Waals surface area contributed by atoms with Crippen molar-refractivity contribution in [3.8, 4) is 0 Å². The van der Waals surface area contributed by atoms with E-state index in [2.05, 4.69) is 27.4 Å². The van der Waals surface area contributed by atoms with Crippen molar-refractivity contribution in [2.75, 3.05) is 5.32 Å². The third-order valence-electron chi connectivity index (χ3n) is 4.24. The number of nitrogens with one attached hydrogen (secondary N) is 2. The van der Waals surface area contributed by atoms with E-state index in [1.54, 1.807) is 0 Å². The number of benzene rings is 2. The number of nitrogens with zero attached hydrogens (tertiary/aromatic N) is 1. The molecule has 3 aromatic rings. The Balaban J connectivity index is 1.64. The van der Waals surface area contributed by atoms with Gasteiger partial charge in [0.25, 0.3) is 0 Å². The molecule has 2 aromatic carbocycles. The predicted molar refractivity (Wildman–Crippen MR) is 108 cm³/mol. The molecule has 0 saturated heterocycles. The SMILES string of the molecule is Cc1ccccc1NC(=O)[C@H](C)Sc1nc(Cc2ccccc2)c(C)[nH]1. The maximum atomic E-state index is 12.5. The molecule has 1 heterocycles. The first-order valence-electron chi connectivity index (χ1n) is 8.65. The summed E-state index contributed by atoms with van der Waals surface area (Å²) < 4.78 is 0. The predicted octanol–water partition coefficient (Wildman–Crippen LogP) is 4.74. The summed E-state index contributed by atoms with van der Waals surface area (Å²) in [6, 6.07) is 18.1. The highest BCUT2D eigenvalue weighted by Crippen LogP contribution is 2.24. The first-order valence-corrected chi connectivity index (χ1v) is 9.53. The Bertz CT molecular complexity index is 889. The Labute approximate surface area is 158 Å². The van der Waals surface area contributed by atoms with Gasteiger partial charge in [0.1, 0.15) is 0 Å². The fraction of sp³-hybridized carbons (Fsp3) is 0.238. The van der Waals surface area contributed by atoms with Gasteiger partial charge in [0.15, 0.2) is 5.16 Å². The van der Waals surface area contributed by atoms with Crippen LogP contribution in [-0.2, 0) is 11.2 Å². The summed E-state index contributed by atoms with van der Waals surface area (Å²) in [6.07, 6.45) is 0.785. The molecule has 1 aromatic heterocycles. The second-order valence-corrected chi connectivity index (χ2v) is 7.67. The Morgan fingerprint density at radius 3 is 2.54 bits per heavy atom. The van der Waals surface area contributed by atoms with Crippen LogP contribution in [0, 0.1) is 13.8 Å². The zero-order valence-corrected chi connectivity index (χ0v) is 16.1. The van der Waals surface area contributed by atoms with Gasteiger partial charge in [-0.25, -0.2) is 4.98 Å². The van der Waals surface area contributed by atoms with Crippen LogP contribution in [-0.4, -0.2) is 21.1 Å². The molecular formula is C21H23N3OS. The maximum absolute atomic E-state index is 12.5. The summed E-state index contributed by atoms with van der Waals surface area (Å²) in [5.41, 5.74) is 5.19. The number of carbonyl (C=O) groups excluding carboxylic acids is 1. The van der Waals surface area contributed by atoms with Crippen LogP contribution in [0.1, 0.15) is 29.4 Å². The van der Waals surface area contributed by atoms with E-state index in [1.807, 2.05) is 63.2 Å². The number of aryl methyl sites for hydroxylation is 2. The Kier molecular flexibility index (Phi) is 5.78. The normalized spacial score (nSPS) is 12.0. The van der Waals surface area contributed by atoms with Gasteiger partial charge in [-0.15, -0.1) is 0 Å². The van der Waals surface area contributed by atoms with Crippen molar-refractivity contribution in [3.05, 3.63) is 77.1 Å². The molecule has 0 aliphatic heterocycles. The van der Waals surface area contributed by atoms with Gasteiger partial charge >= 0.3 is 0 Å². The first-order chi connectivity index (χ1) is 12.5. The number of hydrogen-bond acceptors (Lipinski definition) is 3. The lowest BCUT2D eigenvalue weighted by Crippen LogP contribution is -2.22. The summed E-state index contributed by atoms with van der Waals surface area (Å²) >= 11 is 1.44. The molecule has 1 amide bonds. The fourth-order valence-electron chi connectivity index (χ4n) is 2.65. The van der Waals surface area contributed by atoms with E-state index in [0.29, 0.717) is 0 Å². The lowest BCUT2D eigenvalue weighted by atomic mass is 10.1. The molecule has 5 heteroatoms. The van der Waals surface area contributed by atoms with Crippen LogP contribution in [0.5, 0.6) is 0 Å². The number of hydrogen-bond donors (Lipinski definition) is 2. The van der Waals surface area contributed by atoms with Crippen LogP contribution in [0.2, 0.25) is 0 Å². The Hall–Kier alpha value is -2.53. The third-order valence-corrected chi connectivity index (χ3v) is 5.22. The Morgan fingerprint density at radius 1 is 1.12 bits per heavy atom. The molecule has 4 nitrogen and oxygen atoms in total. The minimum absolute atomic E-state index is 0.0250. The van der Waals surface area contributed by atoms with Crippen LogP contribution < -0.4 is 5.32 Å². The van der Waals surface area contributed by atoms with E-state index in [4.69, 9.17) is 0 Å². The second kappa shape index (κ2) is 8.23. The lowest BCUT2D eigenvalue weighted by molar-refractivity contribution is -0.115. The number of H-pyrrole nitrogens is 1. The zero-order valence-electron chi connectivity index (χ0n) is 15.2. The average molecular weight is 366 g/mol. The number of imidazole rings is 1. The topological polar surface area (TPSA) is 57.8 Å². The van der Waals surface area contributed by atoms with E-state index >= 15 is 0 Å². The zero-order chi connectivity index (χ0) is 18.5. The Morgan fingerprint density at radius 2 is 1.81 bits per heavy atom. The lowest BCUT2D eigenvalue weighted by Gasteiger charge is -2.12. The van der Waals surface area contributed by atoms with Gasteiger partial charge in [0, 0.05) is 17.8 Å².